The van der Waals surface area contributed by atoms with Gasteiger partial charge in [-0.25, -0.2) is 0 Å². The fraction of sp³-hybridized carbons (Fsp3) is 1.00. The van der Waals surface area contributed by atoms with Crippen molar-refractivity contribution in [1.82, 2.24) is 10.2 Å². The maximum absolute atomic E-state index is 3.65. The van der Waals surface area contributed by atoms with Crippen molar-refractivity contribution in [3.8, 4) is 0 Å². The van der Waals surface area contributed by atoms with Crippen molar-refractivity contribution >= 4 is 0 Å². The highest BCUT2D eigenvalue weighted by Gasteiger charge is 2.26. The molecular formula is C11H22N2. The zero-order valence-corrected chi connectivity index (χ0v) is 8.76. The first-order valence-electron chi connectivity index (χ1n) is 5.85. The van der Waals surface area contributed by atoms with Crippen LogP contribution in [0.4, 0.5) is 0 Å². The van der Waals surface area contributed by atoms with Gasteiger partial charge in [-0.3, -0.25) is 4.90 Å². The molecule has 0 aromatic carbocycles. The molecule has 2 saturated heterocycles. The monoisotopic (exact) mass is 182 g/mol. The van der Waals surface area contributed by atoms with Gasteiger partial charge in [0.15, 0.2) is 0 Å². The summed E-state index contributed by atoms with van der Waals surface area (Å²) in [5.41, 5.74) is 0. The summed E-state index contributed by atoms with van der Waals surface area (Å²) in [5, 5.41) is 3.65. The molecular weight excluding hydrogens is 160 g/mol. The molecule has 0 aromatic heterocycles. The molecule has 2 nitrogen and oxygen atoms in total. The molecule has 2 heteroatoms. The summed E-state index contributed by atoms with van der Waals surface area (Å²) in [4.78, 5) is 2.66. The first-order valence-corrected chi connectivity index (χ1v) is 5.85. The lowest BCUT2D eigenvalue weighted by molar-refractivity contribution is 0.186. The van der Waals surface area contributed by atoms with E-state index in [1.165, 1.54) is 51.7 Å². The van der Waals surface area contributed by atoms with Crippen LogP contribution in [0, 0.1) is 0 Å². The van der Waals surface area contributed by atoms with Crippen molar-refractivity contribution in [1.29, 1.82) is 0 Å². The summed E-state index contributed by atoms with van der Waals surface area (Å²) in [7, 11) is 0. The minimum absolute atomic E-state index is 0.766. The number of nitrogens with one attached hydrogen (secondary N) is 1. The Balaban J connectivity index is 1.83. The Kier molecular flexibility index (Phi) is 3.23. The van der Waals surface area contributed by atoms with Crippen molar-refractivity contribution in [3.63, 3.8) is 0 Å². The molecule has 76 valence electrons. The third-order valence-electron chi connectivity index (χ3n) is 3.65. The van der Waals surface area contributed by atoms with Crippen molar-refractivity contribution < 1.29 is 0 Å². The highest BCUT2D eigenvalue weighted by Crippen LogP contribution is 2.18. The Hall–Kier alpha value is -0.0800. The van der Waals surface area contributed by atoms with Crippen LogP contribution >= 0.6 is 0 Å². The third-order valence-corrected chi connectivity index (χ3v) is 3.65. The van der Waals surface area contributed by atoms with Gasteiger partial charge in [0, 0.05) is 12.1 Å². The third kappa shape index (κ3) is 2.23. The molecule has 2 fully saturated rings. The Morgan fingerprint density at radius 3 is 2.54 bits per heavy atom. The fourth-order valence-electron chi connectivity index (χ4n) is 2.69. The van der Waals surface area contributed by atoms with Gasteiger partial charge in [-0.2, -0.15) is 0 Å². The maximum atomic E-state index is 3.65. The second kappa shape index (κ2) is 4.43. The van der Waals surface area contributed by atoms with Crippen LogP contribution in [0.25, 0.3) is 0 Å². The molecule has 2 heterocycles. The molecule has 2 unspecified atom stereocenters. The molecule has 2 atom stereocenters. The van der Waals surface area contributed by atoms with Gasteiger partial charge in [0.05, 0.1) is 0 Å². The van der Waals surface area contributed by atoms with E-state index in [0.717, 1.165) is 12.1 Å². The average Bonchev–Trinajstić information content (AvgIpc) is 2.71. The van der Waals surface area contributed by atoms with Crippen LogP contribution < -0.4 is 5.32 Å². The van der Waals surface area contributed by atoms with Crippen LogP contribution in [0.15, 0.2) is 0 Å². The number of likely N-dealkylation sites (tertiary alicyclic amines) is 1. The summed E-state index contributed by atoms with van der Waals surface area (Å²) < 4.78 is 0. The molecule has 0 bridgehead atoms. The maximum Gasteiger partial charge on any atom is 0.0221 e. The van der Waals surface area contributed by atoms with Crippen molar-refractivity contribution in [2.75, 3.05) is 19.6 Å². The van der Waals surface area contributed by atoms with E-state index in [0.29, 0.717) is 0 Å². The molecule has 0 aliphatic carbocycles. The van der Waals surface area contributed by atoms with Gasteiger partial charge >= 0.3 is 0 Å². The quantitative estimate of drug-likeness (QED) is 0.698. The minimum atomic E-state index is 0.766. The summed E-state index contributed by atoms with van der Waals surface area (Å²) >= 11 is 0. The number of piperidine rings is 1. The van der Waals surface area contributed by atoms with Gasteiger partial charge < -0.3 is 5.32 Å². The zero-order chi connectivity index (χ0) is 9.10. The van der Waals surface area contributed by atoms with E-state index in [-0.39, 0.29) is 0 Å². The Labute approximate surface area is 81.7 Å². The fourth-order valence-corrected chi connectivity index (χ4v) is 2.69. The first kappa shape index (κ1) is 9.47. The lowest BCUT2D eigenvalue weighted by Crippen LogP contribution is -2.49. The van der Waals surface area contributed by atoms with E-state index in [4.69, 9.17) is 0 Å². The highest BCUT2D eigenvalue weighted by molar-refractivity contribution is 4.85. The van der Waals surface area contributed by atoms with Crippen molar-refractivity contribution in [3.05, 3.63) is 0 Å². The molecule has 0 amide bonds. The van der Waals surface area contributed by atoms with E-state index < -0.39 is 0 Å². The van der Waals surface area contributed by atoms with Crippen LogP contribution in [0.5, 0.6) is 0 Å². The predicted octanol–water partition coefficient (Wildman–Crippen LogP) is 1.61. The van der Waals surface area contributed by atoms with Crippen molar-refractivity contribution in [2.24, 2.45) is 0 Å². The van der Waals surface area contributed by atoms with Gasteiger partial charge in [-0.1, -0.05) is 6.42 Å². The largest absolute Gasteiger partial charge is 0.312 e. The molecule has 0 spiro atoms. The first-order chi connectivity index (χ1) is 6.38. The van der Waals surface area contributed by atoms with Crippen LogP contribution in [0.1, 0.15) is 39.0 Å². The number of nitrogens with zero attached hydrogens (tertiary/aromatic N) is 1. The summed E-state index contributed by atoms with van der Waals surface area (Å²) in [6, 6.07) is 1.54. The van der Waals surface area contributed by atoms with Gasteiger partial charge in [-0.15, -0.1) is 0 Å². The number of hydrogen-bond donors (Lipinski definition) is 1. The minimum Gasteiger partial charge on any atom is -0.312 e. The molecule has 2 aliphatic heterocycles. The SMILES string of the molecule is CC(C1CCCCN1)N1CCCC1. The standard InChI is InChI=1S/C11H22N2/c1-10(13-8-4-5-9-13)11-6-2-3-7-12-11/h10-12H,2-9H2,1H3. The van der Waals surface area contributed by atoms with Gasteiger partial charge in [0.25, 0.3) is 0 Å². The molecule has 0 aromatic rings. The summed E-state index contributed by atoms with van der Waals surface area (Å²) in [5.74, 6) is 0. The van der Waals surface area contributed by atoms with Gasteiger partial charge in [0.1, 0.15) is 0 Å². The van der Waals surface area contributed by atoms with Crippen molar-refractivity contribution in [2.45, 2.75) is 51.1 Å². The van der Waals surface area contributed by atoms with E-state index in [1.54, 1.807) is 0 Å². The lowest BCUT2D eigenvalue weighted by atomic mass is 9.98. The van der Waals surface area contributed by atoms with Crippen LogP contribution in [-0.4, -0.2) is 36.6 Å². The smallest absolute Gasteiger partial charge is 0.0221 e. The second-order valence-electron chi connectivity index (χ2n) is 4.54. The molecule has 13 heavy (non-hydrogen) atoms. The van der Waals surface area contributed by atoms with Crippen LogP contribution in [-0.2, 0) is 0 Å². The van der Waals surface area contributed by atoms with E-state index >= 15 is 0 Å². The average molecular weight is 182 g/mol. The van der Waals surface area contributed by atoms with Crippen LogP contribution in [0.2, 0.25) is 0 Å². The molecule has 1 N–H and O–H groups in total. The lowest BCUT2D eigenvalue weighted by Gasteiger charge is -2.34. The van der Waals surface area contributed by atoms with Crippen LogP contribution in [0.3, 0.4) is 0 Å². The Bertz CT molecular complexity index is 146. The summed E-state index contributed by atoms with van der Waals surface area (Å²) in [6.07, 6.45) is 7.02. The van der Waals surface area contributed by atoms with E-state index in [1.807, 2.05) is 0 Å². The zero-order valence-electron chi connectivity index (χ0n) is 8.76. The number of hydrogen-bond acceptors (Lipinski definition) is 2. The molecule has 2 rings (SSSR count). The van der Waals surface area contributed by atoms with Gasteiger partial charge in [-0.05, 0) is 52.2 Å². The number of rotatable bonds is 2. The molecule has 2 aliphatic rings. The Morgan fingerprint density at radius 1 is 1.15 bits per heavy atom. The topological polar surface area (TPSA) is 15.3 Å². The second-order valence-corrected chi connectivity index (χ2v) is 4.54. The van der Waals surface area contributed by atoms with Gasteiger partial charge in [0.2, 0.25) is 0 Å². The summed E-state index contributed by atoms with van der Waals surface area (Å²) in [6.45, 7) is 6.30. The van der Waals surface area contributed by atoms with E-state index in [2.05, 4.69) is 17.1 Å². The highest BCUT2D eigenvalue weighted by atomic mass is 15.2. The Morgan fingerprint density at radius 2 is 1.92 bits per heavy atom. The van der Waals surface area contributed by atoms with E-state index in [9.17, 15) is 0 Å². The normalized spacial score (nSPS) is 33.5. The molecule has 0 saturated carbocycles. The molecule has 0 radical (unpaired) electrons. The predicted molar refractivity (Wildman–Crippen MR) is 55.9 cm³/mol.